The van der Waals surface area contributed by atoms with Gasteiger partial charge in [0.15, 0.2) is 0 Å². The van der Waals surface area contributed by atoms with E-state index < -0.39 is 0 Å². The lowest BCUT2D eigenvalue weighted by atomic mass is 10.0. The molecule has 0 radical (unpaired) electrons. The van der Waals surface area contributed by atoms with E-state index >= 15 is 0 Å². The van der Waals surface area contributed by atoms with E-state index in [1.165, 1.54) is 4.90 Å². The van der Waals surface area contributed by atoms with Crippen molar-refractivity contribution in [2.24, 2.45) is 0 Å². The monoisotopic (exact) mass is 396 g/mol. The summed E-state index contributed by atoms with van der Waals surface area (Å²) in [5, 5.41) is 3.27. The van der Waals surface area contributed by atoms with Crippen LogP contribution in [0.5, 0.6) is 0 Å². The summed E-state index contributed by atoms with van der Waals surface area (Å²) in [6, 6.07) is 25.3. The third-order valence-electron chi connectivity index (χ3n) is 5.35. The molecule has 4 rings (SSSR count). The lowest BCUT2D eigenvalue weighted by Crippen LogP contribution is -2.34. The number of carbonyl (C=O) groups excluding carboxylic acids is 2. The molecule has 0 bridgehead atoms. The molecule has 30 heavy (non-hydrogen) atoms. The van der Waals surface area contributed by atoms with Gasteiger partial charge in [0.2, 0.25) is 0 Å². The molecule has 0 spiro atoms. The first kappa shape index (κ1) is 19.6. The molecule has 3 aromatic rings. The number of hydrogen-bond acceptors (Lipinski definition) is 3. The van der Waals surface area contributed by atoms with E-state index in [-0.39, 0.29) is 11.8 Å². The first-order valence-corrected chi connectivity index (χ1v) is 10.1. The summed E-state index contributed by atoms with van der Waals surface area (Å²) >= 11 is 0. The lowest BCUT2D eigenvalue weighted by molar-refractivity contribution is -0.136. The summed E-state index contributed by atoms with van der Waals surface area (Å²) in [7, 11) is 0. The molecule has 0 saturated heterocycles. The van der Waals surface area contributed by atoms with E-state index in [2.05, 4.69) is 5.32 Å². The Morgan fingerprint density at radius 1 is 0.800 bits per heavy atom. The molecule has 0 atom stereocenters. The van der Waals surface area contributed by atoms with Crippen molar-refractivity contribution in [2.45, 2.75) is 20.3 Å². The molecule has 150 valence electrons. The van der Waals surface area contributed by atoms with E-state index in [0.29, 0.717) is 24.2 Å². The van der Waals surface area contributed by atoms with Crippen LogP contribution >= 0.6 is 0 Å². The van der Waals surface area contributed by atoms with Gasteiger partial charge in [-0.3, -0.25) is 14.5 Å². The Hall–Kier alpha value is -3.66. The van der Waals surface area contributed by atoms with E-state index in [0.717, 1.165) is 27.9 Å². The van der Waals surface area contributed by atoms with Gasteiger partial charge < -0.3 is 5.32 Å². The zero-order valence-corrected chi connectivity index (χ0v) is 17.2. The first-order chi connectivity index (χ1) is 14.5. The van der Waals surface area contributed by atoms with Crippen LogP contribution in [0.1, 0.15) is 22.3 Å². The maximum atomic E-state index is 13.3. The molecule has 0 aromatic heterocycles. The van der Waals surface area contributed by atoms with Gasteiger partial charge in [0.25, 0.3) is 11.8 Å². The molecule has 0 fully saturated rings. The highest BCUT2D eigenvalue weighted by Crippen LogP contribution is 2.31. The van der Waals surface area contributed by atoms with Gasteiger partial charge in [-0.1, -0.05) is 72.8 Å². The highest BCUT2D eigenvalue weighted by Gasteiger charge is 2.39. The number of nitrogens with zero attached hydrogens (tertiary/aromatic N) is 1. The zero-order valence-electron chi connectivity index (χ0n) is 17.2. The number of hydrogen-bond donors (Lipinski definition) is 1. The highest BCUT2D eigenvalue weighted by atomic mass is 16.2. The molecule has 0 saturated carbocycles. The van der Waals surface area contributed by atoms with Gasteiger partial charge in [-0.25, -0.2) is 0 Å². The van der Waals surface area contributed by atoms with Gasteiger partial charge in [0.1, 0.15) is 5.70 Å². The maximum absolute atomic E-state index is 13.3. The topological polar surface area (TPSA) is 49.4 Å². The van der Waals surface area contributed by atoms with Crippen molar-refractivity contribution in [1.82, 2.24) is 4.90 Å². The van der Waals surface area contributed by atoms with E-state index in [9.17, 15) is 9.59 Å². The molecule has 1 heterocycles. The van der Waals surface area contributed by atoms with Crippen LogP contribution in [-0.4, -0.2) is 23.3 Å². The van der Waals surface area contributed by atoms with Crippen molar-refractivity contribution in [2.75, 3.05) is 11.9 Å². The second-order valence-electron chi connectivity index (χ2n) is 7.56. The normalized spacial score (nSPS) is 13.9. The lowest BCUT2D eigenvalue weighted by Gasteiger charge is -2.16. The summed E-state index contributed by atoms with van der Waals surface area (Å²) < 4.78 is 0. The molecule has 3 aromatic carbocycles. The summed E-state index contributed by atoms with van der Waals surface area (Å²) in [5.41, 5.74) is 5.54. The van der Waals surface area contributed by atoms with Crippen molar-refractivity contribution in [3.8, 4) is 0 Å². The first-order valence-electron chi connectivity index (χ1n) is 10.1. The fraction of sp³-hybridized carbons (Fsp3) is 0.154. The minimum absolute atomic E-state index is 0.255. The molecule has 4 heteroatoms. The second-order valence-corrected chi connectivity index (χ2v) is 7.56. The third kappa shape index (κ3) is 3.90. The van der Waals surface area contributed by atoms with Gasteiger partial charge in [-0.05, 0) is 48.6 Å². The fourth-order valence-corrected chi connectivity index (χ4v) is 3.66. The van der Waals surface area contributed by atoms with Crippen molar-refractivity contribution in [3.63, 3.8) is 0 Å². The van der Waals surface area contributed by atoms with E-state index in [4.69, 9.17) is 0 Å². The SMILES string of the molecule is Cc1ccc(C)c(NC2=C(c3ccccc3)C(=O)N(CCc3ccccc3)C2=O)c1. The van der Waals surface area contributed by atoms with Crippen LogP contribution in [0.3, 0.4) is 0 Å². The predicted molar refractivity (Wildman–Crippen MR) is 120 cm³/mol. The van der Waals surface area contributed by atoms with Gasteiger partial charge in [-0.15, -0.1) is 0 Å². The van der Waals surface area contributed by atoms with Gasteiger partial charge in [0, 0.05) is 12.2 Å². The molecule has 0 aliphatic carbocycles. The number of rotatable bonds is 6. The van der Waals surface area contributed by atoms with Crippen LogP contribution in [0.4, 0.5) is 5.69 Å². The van der Waals surface area contributed by atoms with Gasteiger partial charge >= 0.3 is 0 Å². The quantitative estimate of drug-likeness (QED) is 0.613. The third-order valence-corrected chi connectivity index (χ3v) is 5.35. The van der Waals surface area contributed by atoms with Crippen LogP contribution in [0.25, 0.3) is 5.57 Å². The molecule has 0 unspecified atom stereocenters. The smallest absolute Gasteiger partial charge is 0.278 e. The number of benzene rings is 3. The maximum Gasteiger partial charge on any atom is 0.278 e. The predicted octanol–water partition coefficient (Wildman–Crippen LogP) is 4.74. The van der Waals surface area contributed by atoms with Crippen molar-refractivity contribution >= 4 is 23.1 Å². The summed E-state index contributed by atoms with van der Waals surface area (Å²) in [6.07, 6.45) is 0.622. The minimum Gasteiger partial charge on any atom is -0.350 e. The van der Waals surface area contributed by atoms with Crippen LogP contribution in [-0.2, 0) is 16.0 Å². The average molecular weight is 396 g/mol. The van der Waals surface area contributed by atoms with Gasteiger partial charge in [-0.2, -0.15) is 0 Å². The summed E-state index contributed by atoms with van der Waals surface area (Å²) in [5.74, 6) is -0.536. The number of amides is 2. The Labute approximate surface area is 176 Å². The molecule has 4 nitrogen and oxygen atoms in total. The Kier molecular flexibility index (Phi) is 5.48. The van der Waals surface area contributed by atoms with Crippen molar-refractivity contribution in [1.29, 1.82) is 0 Å². The van der Waals surface area contributed by atoms with E-state index in [1.54, 1.807) is 0 Å². The van der Waals surface area contributed by atoms with Crippen LogP contribution in [0.2, 0.25) is 0 Å². The number of carbonyl (C=O) groups is 2. The molecular formula is C26H24N2O2. The zero-order chi connectivity index (χ0) is 21.1. The molecule has 1 aliphatic heterocycles. The molecule has 1 aliphatic rings. The molecule has 1 N–H and O–H groups in total. The standard InChI is InChI=1S/C26H24N2O2/c1-18-13-14-19(2)22(17-18)27-24-23(21-11-7-4-8-12-21)25(29)28(26(24)30)16-15-20-9-5-3-6-10-20/h3-14,17,27H,15-16H2,1-2H3. The van der Waals surface area contributed by atoms with Crippen LogP contribution < -0.4 is 5.32 Å². The molecule has 2 amide bonds. The van der Waals surface area contributed by atoms with Crippen LogP contribution in [0, 0.1) is 13.8 Å². The number of anilines is 1. The average Bonchev–Trinajstić information content (AvgIpc) is 3.00. The van der Waals surface area contributed by atoms with Crippen LogP contribution in [0.15, 0.2) is 84.6 Å². The largest absolute Gasteiger partial charge is 0.350 e. The summed E-state index contributed by atoms with van der Waals surface area (Å²) in [6.45, 7) is 4.33. The fourth-order valence-electron chi connectivity index (χ4n) is 3.66. The summed E-state index contributed by atoms with van der Waals surface area (Å²) in [4.78, 5) is 28.0. The second kappa shape index (κ2) is 8.37. The Balaban J connectivity index is 1.69. The minimum atomic E-state index is -0.282. The Morgan fingerprint density at radius 3 is 2.17 bits per heavy atom. The number of imide groups is 1. The van der Waals surface area contributed by atoms with Crippen molar-refractivity contribution < 1.29 is 9.59 Å². The highest BCUT2D eigenvalue weighted by molar-refractivity contribution is 6.36. The Morgan fingerprint density at radius 2 is 1.47 bits per heavy atom. The van der Waals surface area contributed by atoms with Gasteiger partial charge in [0.05, 0.1) is 5.57 Å². The Bertz CT molecular complexity index is 1120. The van der Waals surface area contributed by atoms with Crippen molar-refractivity contribution in [3.05, 3.63) is 107 Å². The number of nitrogens with one attached hydrogen (secondary N) is 1. The van der Waals surface area contributed by atoms with E-state index in [1.807, 2.05) is 92.7 Å². The number of aryl methyl sites for hydroxylation is 2. The molecular weight excluding hydrogens is 372 g/mol.